The molecule has 0 radical (unpaired) electrons. The van der Waals surface area contributed by atoms with Gasteiger partial charge in [0.1, 0.15) is 11.3 Å². The minimum atomic E-state index is -0.848. The van der Waals surface area contributed by atoms with Crippen LogP contribution in [0.3, 0.4) is 0 Å². The highest BCUT2D eigenvalue weighted by Gasteiger charge is 2.37. The molecule has 1 saturated heterocycles. The molecule has 0 saturated carbocycles. The van der Waals surface area contributed by atoms with Gasteiger partial charge in [-0.25, -0.2) is 9.69 Å². The van der Waals surface area contributed by atoms with Gasteiger partial charge in [0.2, 0.25) is 0 Å². The van der Waals surface area contributed by atoms with E-state index in [4.69, 9.17) is 27.9 Å². The van der Waals surface area contributed by atoms with Crippen molar-refractivity contribution in [3.8, 4) is 5.75 Å². The van der Waals surface area contributed by atoms with Crippen LogP contribution in [0.4, 0.5) is 10.5 Å². The zero-order valence-electron chi connectivity index (χ0n) is 19.4. The van der Waals surface area contributed by atoms with Gasteiger partial charge >= 0.3 is 6.03 Å². The molecular weight excluding hydrogens is 567 g/mol. The average Bonchev–Trinajstić information content (AvgIpc) is 2.82. The second kappa shape index (κ2) is 10.9. The fourth-order valence-electron chi connectivity index (χ4n) is 3.78. The van der Waals surface area contributed by atoms with Crippen molar-refractivity contribution >= 4 is 68.7 Å². The third-order valence-electron chi connectivity index (χ3n) is 5.63. The second-order valence-corrected chi connectivity index (χ2v) is 9.74. The standard InChI is InChI=1S/C27H21BrCl2N2O4/c1-3-36-24-12-16(11-23(30)19(24)13-17-6-4-5-7-21(17)28)10-20-25(33)31-27(35)32(26(20)34)18-9-8-15(2)22(29)14-18/h4-12,14H,3,13H2,1-2H3,(H,31,33,35)/b20-10+. The van der Waals surface area contributed by atoms with Crippen LogP contribution >= 0.6 is 39.1 Å². The zero-order chi connectivity index (χ0) is 26.0. The first-order valence-electron chi connectivity index (χ1n) is 11.1. The van der Waals surface area contributed by atoms with Crippen LogP contribution in [0.2, 0.25) is 10.0 Å². The van der Waals surface area contributed by atoms with Crippen molar-refractivity contribution in [2.45, 2.75) is 20.3 Å². The molecule has 184 valence electrons. The largest absolute Gasteiger partial charge is 0.494 e. The zero-order valence-corrected chi connectivity index (χ0v) is 22.5. The van der Waals surface area contributed by atoms with E-state index in [1.165, 1.54) is 12.1 Å². The van der Waals surface area contributed by atoms with Gasteiger partial charge in [-0.3, -0.25) is 14.9 Å². The summed E-state index contributed by atoms with van der Waals surface area (Å²) in [6.07, 6.45) is 1.91. The Bertz CT molecular complexity index is 1420. The number of nitrogens with one attached hydrogen (secondary N) is 1. The Morgan fingerprint density at radius 1 is 1.03 bits per heavy atom. The van der Waals surface area contributed by atoms with Crippen molar-refractivity contribution in [3.05, 3.63) is 96.9 Å². The summed E-state index contributed by atoms with van der Waals surface area (Å²) in [7, 11) is 0. The maximum absolute atomic E-state index is 13.3. The Morgan fingerprint density at radius 3 is 2.47 bits per heavy atom. The molecule has 1 N–H and O–H groups in total. The molecule has 6 nitrogen and oxygen atoms in total. The summed E-state index contributed by atoms with van der Waals surface area (Å²) < 4.78 is 6.80. The van der Waals surface area contributed by atoms with Crippen molar-refractivity contribution in [1.82, 2.24) is 5.32 Å². The summed E-state index contributed by atoms with van der Waals surface area (Å²) in [5.74, 6) is -1.03. The Balaban J connectivity index is 1.73. The molecule has 36 heavy (non-hydrogen) atoms. The smallest absolute Gasteiger partial charge is 0.335 e. The van der Waals surface area contributed by atoms with E-state index in [2.05, 4.69) is 21.2 Å². The number of ether oxygens (including phenoxy) is 1. The third kappa shape index (κ3) is 5.33. The number of barbiturate groups is 1. The van der Waals surface area contributed by atoms with E-state index < -0.39 is 17.8 Å². The Kier molecular flexibility index (Phi) is 7.83. The molecule has 1 heterocycles. The maximum Gasteiger partial charge on any atom is 0.335 e. The highest BCUT2D eigenvalue weighted by atomic mass is 79.9. The predicted octanol–water partition coefficient (Wildman–Crippen LogP) is 6.72. The predicted molar refractivity (Wildman–Crippen MR) is 145 cm³/mol. The summed E-state index contributed by atoms with van der Waals surface area (Å²) in [4.78, 5) is 39.3. The fourth-order valence-corrected chi connectivity index (χ4v) is 4.67. The van der Waals surface area contributed by atoms with Crippen molar-refractivity contribution in [1.29, 1.82) is 0 Å². The van der Waals surface area contributed by atoms with Gasteiger partial charge in [-0.2, -0.15) is 0 Å². The van der Waals surface area contributed by atoms with E-state index in [1.54, 1.807) is 31.2 Å². The highest BCUT2D eigenvalue weighted by molar-refractivity contribution is 9.10. The van der Waals surface area contributed by atoms with Crippen LogP contribution in [-0.4, -0.2) is 24.5 Å². The number of halogens is 3. The first-order valence-corrected chi connectivity index (χ1v) is 12.6. The molecule has 0 unspecified atom stereocenters. The molecule has 1 aliphatic rings. The number of benzene rings is 3. The Morgan fingerprint density at radius 2 is 1.78 bits per heavy atom. The number of carbonyl (C=O) groups excluding carboxylic acids is 3. The molecule has 1 aliphatic heterocycles. The van der Waals surface area contributed by atoms with E-state index in [0.717, 1.165) is 26.1 Å². The first-order chi connectivity index (χ1) is 17.2. The van der Waals surface area contributed by atoms with E-state index in [9.17, 15) is 14.4 Å². The van der Waals surface area contributed by atoms with Crippen LogP contribution in [0.15, 0.2) is 64.6 Å². The van der Waals surface area contributed by atoms with Crippen molar-refractivity contribution < 1.29 is 19.1 Å². The van der Waals surface area contributed by atoms with Crippen LogP contribution < -0.4 is 15.0 Å². The van der Waals surface area contributed by atoms with Gasteiger partial charge in [-0.05, 0) is 66.9 Å². The quantitative estimate of drug-likeness (QED) is 0.256. The summed E-state index contributed by atoms with van der Waals surface area (Å²) in [5, 5.41) is 3.03. The molecule has 1 fully saturated rings. The lowest BCUT2D eigenvalue weighted by Crippen LogP contribution is -2.54. The molecule has 0 bridgehead atoms. The fraction of sp³-hybridized carbons (Fsp3) is 0.148. The maximum atomic E-state index is 13.3. The molecule has 9 heteroatoms. The second-order valence-electron chi connectivity index (χ2n) is 8.07. The minimum Gasteiger partial charge on any atom is -0.494 e. The number of amides is 4. The molecule has 3 aromatic carbocycles. The number of rotatable bonds is 6. The van der Waals surface area contributed by atoms with Gasteiger partial charge in [-0.15, -0.1) is 0 Å². The molecule has 0 aromatic heterocycles. The van der Waals surface area contributed by atoms with Gasteiger partial charge in [0.15, 0.2) is 0 Å². The van der Waals surface area contributed by atoms with Crippen LogP contribution in [-0.2, 0) is 16.0 Å². The van der Waals surface area contributed by atoms with Crippen molar-refractivity contribution in [2.75, 3.05) is 11.5 Å². The Hall–Kier alpha value is -3.13. The molecule has 3 aromatic rings. The molecule has 4 amide bonds. The lowest BCUT2D eigenvalue weighted by atomic mass is 10.00. The van der Waals surface area contributed by atoms with Crippen molar-refractivity contribution in [2.24, 2.45) is 0 Å². The van der Waals surface area contributed by atoms with Gasteiger partial charge in [-0.1, -0.05) is 63.4 Å². The van der Waals surface area contributed by atoms with Gasteiger partial charge < -0.3 is 4.74 Å². The summed E-state index contributed by atoms with van der Waals surface area (Å²) in [6.45, 7) is 4.06. The lowest BCUT2D eigenvalue weighted by Gasteiger charge is -2.26. The number of carbonyl (C=O) groups is 3. The van der Waals surface area contributed by atoms with E-state index >= 15 is 0 Å². The number of aryl methyl sites for hydroxylation is 1. The number of urea groups is 1. The van der Waals surface area contributed by atoms with E-state index in [1.807, 2.05) is 31.2 Å². The van der Waals surface area contributed by atoms with Gasteiger partial charge in [0.05, 0.1) is 12.3 Å². The molecule has 0 spiro atoms. The first kappa shape index (κ1) is 25.9. The van der Waals surface area contributed by atoms with Crippen LogP contribution in [0, 0.1) is 6.92 Å². The van der Waals surface area contributed by atoms with Crippen LogP contribution in [0.25, 0.3) is 6.08 Å². The van der Waals surface area contributed by atoms with E-state index in [-0.39, 0.29) is 11.3 Å². The Labute approximate surface area is 227 Å². The van der Waals surface area contributed by atoms with Crippen LogP contribution in [0.5, 0.6) is 5.75 Å². The number of imide groups is 2. The molecular formula is C27H21BrCl2N2O4. The van der Waals surface area contributed by atoms with Gasteiger partial charge in [0, 0.05) is 26.5 Å². The molecule has 0 aliphatic carbocycles. The summed E-state index contributed by atoms with van der Waals surface area (Å²) in [5.41, 5.74) is 3.11. The number of hydrogen-bond donors (Lipinski definition) is 1. The topological polar surface area (TPSA) is 75.7 Å². The minimum absolute atomic E-state index is 0.219. The number of nitrogens with zero attached hydrogens (tertiary/aromatic N) is 1. The summed E-state index contributed by atoms with van der Waals surface area (Å²) in [6, 6.07) is 15.1. The van der Waals surface area contributed by atoms with E-state index in [0.29, 0.717) is 34.4 Å². The normalized spacial score (nSPS) is 14.9. The lowest BCUT2D eigenvalue weighted by molar-refractivity contribution is -0.122. The van der Waals surface area contributed by atoms with Crippen LogP contribution in [0.1, 0.15) is 29.2 Å². The van der Waals surface area contributed by atoms with Crippen molar-refractivity contribution in [3.63, 3.8) is 0 Å². The third-order valence-corrected chi connectivity index (χ3v) is 7.15. The monoisotopic (exact) mass is 586 g/mol. The van der Waals surface area contributed by atoms with Gasteiger partial charge in [0.25, 0.3) is 11.8 Å². The average molecular weight is 588 g/mol. The number of anilines is 1. The SMILES string of the molecule is CCOc1cc(/C=C2\C(=O)NC(=O)N(c3ccc(C)c(Cl)c3)C2=O)cc(Cl)c1Cc1ccccc1Br. The molecule has 0 atom stereocenters. The summed E-state index contributed by atoms with van der Waals surface area (Å²) >= 11 is 16.4. The number of hydrogen-bond acceptors (Lipinski definition) is 4. The molecule has 4 rings (SSSR count). The highest BCUT2D eigenvalue weighted by Crippen LogP contribution is 2.34.